The third kappa shape index (κ3) is 2.81. The third-order valence-electron chi connectivity index (χ3n) is 2.46. The highest BCUT2D eigenvalue weighted by Crippen LogP contribution is 2.33. The van der Waals surface area contributed by atoms with Crippen LogP contribution in [-0.4, -0.2) is 11.1 Å². The van der Waals surface area contributed by atoms with Crippen molar-refractivity contribution in [2.45, 2.75) is 6.92 Å². The molecule has 0 saturated heterocycles. The predicted octanol–water partition coefficient (Wildman–Crippen LogP) is 4.56. The monoisotopic (exact) mass is 278 g/mol. The van der Waals surface area contributed by atoms with Crippen molar-refractivity contribution in [1.82, 2.24) is 0 Å². The molecule has 0 unspecified atom stereocenters. The Morgan fingerprint density at radius 2 is 2.00 bits per heavy atom. The standard InChI is InChI=1S/C14H11ClO2S/c1-9(14(16)17)8-10-6-7-13(18-10)11-4-2-3-5-12(11)15/h2-8H,1H3,(H,16,17). The van der Waals surface area contributed by atoms with E-state index in [1.165, 1.54) is 11.3 Å². The van der Waals surface area contributed by atoms with Crippen molar-refractivity contribution in [3.05, 3.63) is 51.9 Å². The first kappa shape index (κ1) is 12.9. The van der Waals surface area contributed by atoms with Gasteiger partial charge in [-0.1, -0.05) is 29.8 Å². The molecule has 1 aromatic heterocycles. The molecule has 0 spiro atoms. The summed E-state index contributed by atoms with van der Waals surface area (Å²) in [6.45, 7) is 1.58. The Balaban J connectivity index is 2.35. The number of aliphatic carboxylic acids is 1. The number of halogens is 1. The molecule has 0 atom stereocenters. The molecule has 18 heavy (non-hydrogen) atoms. The van der Waals surface area contributed by atoms with Crippen LogP contribution in [0.2, 0.25) is 5.02 Å². The summed E-state index contributed by atoms with van der Waals surface area (Å²) >= 11 is 7.64. The fourth-order valence-electron chi connectivity index (χ4n) is 1.51. The average Bonchev–Trinajstić information content (AvgIpc) is 2.77. The van der Waals surface area contributed by atoms with Gasteiger partial charge in [0.2, 0.25) is 0 Å². The summed E-state index contributed by atoms with van der Waals surface area (Å²) in [4.78, 5) is 12.7. The van der Waals surface area contributed by atoms with Crippen LogP contribution in [0.3, 0.4) is 0 Å². The van der Waals surface area contributed by atoms with Gasteiger partial charge in [-0.15, -0.1) is 11.3 Å². The third-order valence-corrected chi connectivity index (χ3v) is 3.86. The van der Waals surface area contributed by atoms with Crippen LogP contribution in [0, 0.1) is 0 Å². The molecule has 1 N–H and O–H groups in total. The van der Waals surface area contributed by atoms with E-state index in [1.54, 1.807) is 13.0 Å². The molecule has 0 aliphatic carbocycles. The van der Waals surface area contributed by atoms with Crippen molar-refractivity contribution in [3.63, 3.8) is 0 Å². The van der Waals surface area contributed by atoms with Gasteiger partial charge < -0.3 is 5.11 Å². The van der Waals surface area contributed by atoms with Crippen molar-refractivity contribution in [1.29, 1.82) is 0 Å². The SMILES string of the molecule is CC(=Cc1ccc(-c2ccccc2Cl)s1)C(=O)O. The number of hydrogen-bond acceptors (Lipinski definition) is 2. The predicted molar refractivity (Wildman–Crippen MR) is 76.1 cm³/mol. The molecule has 92 valence electrons. The second kappa shape index (κ2) is 5.38. The van der Waals surface area contributed by atoms with Crippen molar-refractivity contribution in [2.75, 3.05) is 0 Å². The van der Waals surface area contributed by atoms with Crippen LogP contribution in [0.25, 0.3) is 16.5 Å². The van der Waals surface area contributed by atoms with E-state index < -0.39 is 5.97 Å². The number of carboxylic acid groups (broad SMARTS) is 1. The summed E-state index contributed by atoms with van der Waals surface area (Å²) in [5.74, 6) is -0.900. The molecular weight excluding hydrogens is 268 g/mol. The maximum atomic E-state index is 10.7. The second-order valence-electron chi connectivity index (χ2n) is 3.81. The highest BCUT2D eigenvalue weighted by molar-refractivity contribution is 7.16. The van der Waals surface area contributed by atoms with E-state index >= 15 is 0 Å². The summed E-state index contributed by atoms with van der Waals surface area (Å²) in [6, 6.07) is 11.5. The zero-order valence-corrected chi connectivity index (χ0v) is 11.3. The minimum absolute atomic E-state index is 0.322. The molecule has 0 aliphatic rings. The molecule has 0 aliphatic heterocycles. The van der Waals surface area contributed by atoms with Crippen LogP contribution < -0.4 is 0 Å². The van der Waals surface area contributed by atoms with E-state index in [-0.39, 0.29) is 0 Å². The summed E-state index contributed by atoms with van der Waals surface area (Å²) in [5.41, 5.74) is 1.29. The largest absolute Gasteiger partial charge is 0.478 e. The minimum atomic E-state index is -0.900. The normalized spacial score (nSPS) is 11.6. The highest BCUT2D eigenvalue weighted by atomic mass is 35.5. The van der Waals surface area contributed by atoms with Crippen molar-refractivity contribution in [3.8, 4) is 10.4 Å². The van der Waals surface area contributed by atoms with E-state index in [4.69, 9.17) is 16.7 Å². The Morgan fingerprint density at radius 1 is 1.28 bits per heavy atom. The first-order chi connectivity index (χ1) is 8.58. The quantitative estimate of drug-likeness (QED) is 0.836. The first-order valence-electron chi connectivity index (χ1n) is 5.34. The van der Waals surface area contributed by atoms with Crippen LogP contribution in [0.1, 0.15) is 11.8 Å². The zero-order valence-electron chi connectivity index (χ0n) is 9.68. The fourth-order valence-corrected chi connectivity index (χ4v) is 2.85. The molecule has 0 amide bonds. The van der Waals surface area contributed by atoms with Crippen molar-refractivity contribution in [2.24, 2.45) is 0 Å². The van der Waals surface area contributed by atoms with Crippen molar-refractivity contribution < 1.29 is 9.90 Å². The smallest absolute Gasteiger partial charge is 0.331 e. The zero-order chi connectivity index (χ0) is 13.1. The molecule has 2 nitrogen and oxygen atoms in total. The van der Waals surface area contributed by atoms with Crippen LogP contribution in [0.4, 0.5) is 0 Å². The molecule has 4 heteroatoms. The number of thiophene rings is 1. The summed E-state index contributed by atoms with van der Waals surface area (Å²) < 4.78 is 0. The number of rotatable bonds is 3. The number of hydrogen-bond donors (Lipinski definition) is 1. The van der Waals surface area contributed by atoms with Crippen LogP contribution in [0.15, 0.2) is 42.0 Å². The molecule has 1 aromatic carbocycles. The molecule has 0 bridgehead atoms. The van der Waals surface area contributed by atoms with Gasteiger partial charge in [-0.2, -0.15) is 0 Å². The van der Waals surface area contributed by atoms with Gasteiger partial charge in [0.15, 0.2) is 0 Å². The van der Waals surface area contributed by atoms with E-state index in [1.807, 2.05) is 36.4 Å². The lowest BCUT2D eigenvalue weighted by Gasteiger charge is -1.99. The fraction of sp³-hybridized carbons (Fsp3) is 0.0714. The average molecular weight is 279 g/mol. The van der Waals surface area contributed by atoms with Gasteiger partial charge in [0.05, 0.1) is 0 Å². The number of carbonyl (C=O) groups is 1. The van der Waals surface area contributed by atoms with Gasteiger partial charge in [0.1, 0.15) is 0 Å². The van der Waals surface area contributed by atoms with Crippen LogP contribution in [0.5, 0.6) is 0 Å². The minimum Gasteiger partial charge on any atom is -0.478 e. The lowest BCUT2D eigenvalue weighted by Crippen LogP contribution is -1.94. The van der Waals surface area contributed by atoms with Gasteiger partial charge in [0.25, 0.3) is 0 Å². The first-order valence-corrected chi connectivity index (χ1v) is 6.53. The van der Waals surface area contributed by atoms with Gasteiger partial charge >= 0.3 is 5.97 Å². The Hall–Kier alpha value is -1.58. The lowest BCUT2D eigenvalue weighted by atomic mass is 10.2. The topological polar surface area (TPSA) is 37.3 Å². The van der Waals surface area contributed by atoms with Gasteiger partial charge in [-0.25, -0.2) is 4.79 Å². The van der Waals surface area contributed by atoms with E-state index in [2.05, 4.69) is 0 Å². The number of benzene rings is 1. The maximum Gasteiger partial charge on any atom is 0.331 e. The molecule has 0 saturated carbocycles. The van der Waals surface area contributed by atoms with Gasteiger partial charge in [-0.3, -0.25) is 0 Å². The van der Waals surface area contributed by atoms with Gasteiger partial charge in [-0.05, 0) is 31.2 Å². The van der Waals surface area contributed by atoms with E-state index in [9.17, 15) is 4.79 Å². The Kier molecular flexibility index (Phi) is 3.84. The second-order valence-corrected chi connectivity index (χ2v) is 5.34. The van der Waals surface area contributed by atoms with Crippen LogP contribution >= 0.6 is 22.9 Å². The van der Waals surface area contributed by atoms with Crippen LogP contribution in [-0.2, 0) is 4.79 Å². The summed E-state index contributed by atoms with van der Waals surface area (Å²) in [7, 11) is 0. The van der Waals surface area contributed by atoms with E-state index in [0.29, 0.717) is 10.6 Å². The Labute approximate surface area is 114 Å². The molecule has 1 heterocycles. The Morgan fingerprint density at radius 3 is 2.67 bits per heavy atom. The lowest BCUT2D eigenvalue weighted by molar-refractivity contribution is -0.132. The number of carboxylic acids is 1. The highest BCUT2D eigenvalue weighted by Gasteiger charge is 2.06. The molecule has 2 rings (SSSR count). The van der Waals surface area contributed by atoms with Crippen molar-refractivity contribution >= 4 is 35.0 Å². The molecular formula is C14H11ClO2S. The summed E-state index contributed by atoms with van der Waals surface area (Å²) in [6.07, 6.45) is 1.66. The van der Waals surface area contributed by atoms with E-state index in [0.717, 1.165) is 15.3 Å². The Bertz CT molecular complexity index is 614. The summed E-state index contributed by atoms with van der Waals surface area (Å²) in [5, 5.41) is 9.53. The van der Waals surface area contributed by atoms with Gasteiger partial charge in [0, 0.05) is 25.9 Å². The molecule has 2 aromatic rings. The molecule has 0 fully saturated rings. The molecule has 0 radical (unpaired) electrons. The maximum absolute atomic E-state index is 10.7.